The van der Waals surface area contributed by atoms with Gasteiger partial charge >= 0.3 is 6.18 Å². The number of thioether (sulfide) groups is 1. The van der Waals surface area contributed by atoms with Gasteiger partial charge in [-0.15, -0.1) is 10.2 Å². The van der Waals surface area contributed by atoms with E-state index in [9.17, 15) is 18.0 Å². The SMILES string of the molecule is CCc1ccc(-n2c(SCC(=O)Nc3ccc(Br)cc3C(F)(F)F)nnc2-c2ccc(Cl)cc2)cc1. The highest BCUT2D eigenvalue weighted by Crippen LogP contribution is 2.37. The zero-order chi connectivity index (χ0) is 25.9. The second kappa shape index (κ2) is 11.1. The summed E-state index contributed by atoms with van der Waals surface area (Å²) in [6, 6.07) is 18.6. The first kappa shape index (κ1) is 26.2. The number of amides is 1. The monoisotopic (exact) mass is 594 g/mol. The van der Waals surface area contributed by atoms with Gasteiger partial charge in [0.25, 0.3) is 0 Å². The number of rotatable bonds is 7. The predicted molar refractivity (Wildman–Crippen MR) is 140 cm³/mol. The van der Waals surface area contributed by atoms with Crippen molar-refractivity contribution in [3.8, 4) is 17.1 Å². The molecule has 36 heavy (non-hydrogen) atoms. The number of carbonyl (C=O) groups excluding carboxylic acids is 1. The molecule has 0 saturated carbocycles. The molecular formula is C25H19BrClF3N4OS. The molecule has 0 aliphatic heterocycles. The van der Waals surface area contributed by atoms with Gasteiger partial charge in [0.05, 0.1) is 17.0 Å². The van der Waals surface area contributed by atoms with Crippen LogP contribution in [0.15, 0.2) is 76.4 Å². The van der Waals surface area contributed by atoms with Crippen LogP contribution in [0, 0.1) is 0 Å². The lowest BCUT2D eigenvalue weighted by Gasteiger charge is -2.14. The first-order chi connectivity index (χ1) is 17.2. The molecule has 186 valence electrons. The summed E-state index contributed by atoms with van der Waals surface area (Å²) >= 11 is 10.1. The molecule has 0 unspecified atom stereocenters. The minimum Gasteiger partial charge on any atom is -0.325 e. The van der Waals surface area contributed by atoms with Crippen molar-refractivity contribution in [2.75, 3.05) is 11.1 Å². The Morgan fingerprint density at radius 1 is 1.06 bits per heavy atom. The number of benzene rings is 3. The van der Waals surface area contributed by atoms with Crippen molar-refractivity contribution in [1.82, 2.24) is 14.8 Å². The van der Waals surface area contributed by atoms with E-state index in [0.717, 1.165) is 41.1 Å². The molecule has 0 atom stereocenters. The molecule has 1 aromatic heterocycles. The molecule has 1 amide bonds. The van der Waals surface area contributed by atoms with E-state index in [-0.39, 0.29) is 15.9 Å². The van der Waals surface area contributed by atoms with Crippen LogP contribution in [0.3, 0.4) is 0 Å². The van der Waals surface area contributed by atoms with Crippen LogP contribution in [0.4, 0.5) is 18.9 Å². The highest BCUT2D eigenvalue weighted by molar-refractivity contribution is 9.10. The Labute approximate surface area is 223 Å². The standard InChI is InChI=1S/C25H19BrClF3N4OS/c1-2-15-3-10-19(11-4-15)34-23(16-5-8-18(27)9-6-16)32-33-24(34)36-14-22(35)31-21-12-7-17(26)13-20(21)25(28,29)30/h3-13H,2,14H2,1H3,(H,31,35). The van der Waals surface area contributed by atoms with Crippen LogP contribution in [0.2, 0.25) is 5.02 Å². The number of hydrogen-bond donors (Lipinski definition) is 1. The van der Waals surface area contributed by atoms with E-state index in [2.05, 4.69) is 38.4 Å². The van der Waals surface area contributed by atoms with E-state index in [1.807, 2.05) is 36.4 Å². The number of nitrogens with zero attached hydrogens (tertiary/aromatic N) is 3. The summed E-state index contributed by atoms with van der Waals surface area (Å²) in [5.41, 5.74) is 1.47. The maximum atomic E-state index is 13.4. The maximum Gasteiger partial charge on any atom is 0.418 e. The van der Waals surface area contributed by atoms with Gasteiger partial charge in [-0.2, -0.15) is 13.2 Å². The smallest absolute Gasteiger partial charge is 0.325 e. The molecule has 0 fully saturated rings. The van der Waals surface area contributed by atoms with Gasteiger partial charge in [0.2, 0.25) is 5.91 Å². The van der Waals surface area contributed by atoms with Gasteiger partial charge in [-0.25, -0.2) is 0 Å². The van der Waals surface area contributed by atoms with Crippen molar-refractivity contribution in [3.63, 3.8) is 0 Å². The average molecular weight is 596 g/mol. The summed E-state index contributed by atoms with van der Waals surface area (Å²) in [4.78, 5) is 12.6. The topological polar surface area (TPSA) is 59.8 Å². The highest BCUT2D eigenvalue weighted by atomic mass is 79.9. The minimum atomic E-state index is -4.61. The van der Waals surface area contributed by atoms with Crippen LogP contribution in [0.5, 0.6) is 0 Å². The third kappa shape index (κ3) is 6.11. The number of halogens is 5. The van der Waals surface area contributed by atoms with E-state index in [1.54, 1.807) is 16.7 Å². The first-order valence-corrected chi connectivity index (χ1v) is 12.9. The number of carbonyl (C=O) groups is 1. The molecule has 0 aliphatic rings. The summed E-state index contributed by atoms with van der Waals surface area (Å²) in [6.45, 7) is 2.06. The fourth-order valence-electron chi connectivity index (χ4n) is 3.44. The molecule has 0 spiro atoms. The molecule has 11 heteroatoms. The minimum absolute atomic E-state index is 0.168. The zero-order valence-electron chi connectivity index (χ0n) is 18.8. The Balaban J connectivity index is 1.60. The van der Waals surface area contributed by atoms with Crippen molar-refractivity contribution in [2.45, 2.75) is 24.7 Å². The fourth-order valence-corrected chi connectivity index (χ4v) is 4.68. The van der Waals surface area contributed by atoms with Gasteiger partial charge < -0.3 is 5.32 Å². The van der Waals surface area contributed by atoms with Crippen molar-refractivity contribution in [3.05, 3.63) is 87.4 Å². The number of hydrogen-bond acceptors (Lipinski definition) is 4. The molecule has 5 nitrogen and oxygen atoms in total. The number of aromatic nitrogens is 3. The lowest BCUT2D eigenvalue weighted by atomic mass is 10.1. The second-order valence-corrected chi connectivity index (χ2v) is 9.99. The summed E-state index contributed by atoms with van der Waals surface area (Å²) in [5.74, 6) is -0.220. The first-order valence-electron chi connectivity index (χ1n) is 10.8. The van der Waals surface area contributed by atoms with E-state index in [4.69, 9.17) is 11.6 Å². The summed E-state index contributed by atoms with van der Waals surface area (Å²) in [6.07, 6.45) is -3.73. The molecule has 1 heterocycles. The number of alkyl halides is 3. The number of aryl methyl sites for hydroxylation is 1. The van der Waals surface area contributed by atoms with E-state index in [1.165, 1.54) is 12.1 Å². The van der Waals surface area contributed by atoms with Gasteiger partial charge in [-0.1, -0.05) is 58.3 Å². The molecule has 0 radical (unpaired) electrons. The van der Waals surface area contributed by atoms with E-state index >= 15 is 0 Å². The maximum absolute atomic E-state index is 13.4. The molecule has 1 N–H and O–H groups in total. The third-order valence-corrected chi connectivity index (χ3v) is 6.91. The van der Waals surface area contributed by atoms with E-state index in [0.29, 0.717) is 16.0 Å². The molecule has 4 aromatic rings. The van der Waals surface area contributed by atoms with Crippen molar-refractivity contribution < 1.29 is 18.0 Å². The van der Waals surface area contributed by atoms with Gasteiger partial charge in [-0.3, -0.25) is 9.36 Å². The average Bonchev–Trinajstić information content (AvgIpc) is 3.27. The van der Waals surface area contributed by atoms with Gasteiger partial charge in [0.1, 0.15) is 0 Å². The second-order valence-electron chi connectivity index (χ2n) is 7.69. The lowest BCUT2D eigenvalue weighted by Crippen LogP contribution is -2.18. The summed E-state index contributed by atoms with van der Waals surface area (Å²) in [7, 11) is 0. The zero-order valence-corrected chi connectivity index (χ0v) is 22.0. The highest BCUT2D eigenvalue weighted by Gasteiger charge is 2.34. The van der Waals surface area contributed by atoms with Crippen LogP contribution in [-0.2, 0) is 17.4 Å². The summed E-state index contributed by atoms with van der Waals surface area (Å²) < 4.78 is 42.3. The normalized spacial score (nSPS) is 11.5. The van der Waals surface area contributed by atoms with Crippen LogP contribution in [0.25, 0.3) is 17.1 Å². The van der Waals surface area contributed by atoms with Crippen LogP contribution in [0.1, 0.15) is 18.1 Å². The van der Waals surface area contributed by atoms with Crippen molar-refractivity contribution >= 4 is 50.9 Å². The van der Waals surface area contributed by atoms with Crippen molar-refractivity contribution in [1.29, 1.82) is 0 Å². The molecular weight excluding hydrogens is 577 g/mol. The Hall–Kier alpha value is -2.82. The van der Waals surface area contributed by atoms with Crippen LogP contribution < -0.4 is 5.32 Å². The van der Waals surface area contributed by atoms with Crippen molar-refractivity contribution in [2.24, 2.45) is 0 Å². The molecule has 0 bridgehead atoms. The summed E-state index contributed by atoms with van der Waals surface area (Å²) in [5, 5.41) is 11.9. The molecule has 0 saturated heterocycles. The van der Waals surface area contributed by atoms with E-state index < -0.39 is 17.6 Å². The Bertz CT molecular complexity index is 1380. The van der Waals surface area contributed by atoms with Crippen LogP contribution >= 0.6 is 39.3 Å². The van der Waals surface area contributed by atoms with Crippen LogP contribution in [-0.4, -0.2) is 26.4 Å². The quantitative estimate of drug-likeness (QED) is 0.223. The molecule has 0 aliphatic carbocycles. The van der Waals surface area contributed by atoms with Gasteiger partial charge in [-0.05, 0) is 66.6 Å². The Morgan fingerprint density at radius 3 is 2.39 bits per heavy atom. The molecule has 4 rings (SSSR count). The Morgan fingerprint density at radius 2 is 1.75 bits per heavy atom. The predicted octanol–water partition coefficient (Wildman–Crippen LogP) is 7.66. The lowest BCUT2D eigenvalue weighted by molar-refractivity contribution is -0.137. The van der Waals surface area contributed by atoms with Gasteiger partial charge in [0, 0.05) is 20.7 Å². The number of anilines is 1. The third-order valence-electron chi connectivity index (χ3n) is 5.23. The fraction of sp³-hybridized carbons (Fsp3) is 0.160. The van der Waals surface area contributed by atoms with Gasteiger partial charge in [0.15, 0.2) is 11.0 Å². The largest absolute Gasteiger partial charge is 0.418 e. The molecule has 3 aromatic carbocycles. The number of nitrogens with one attached hydrogen (secondary N) is 1. The Kier molecular flexibility index (Phi) is 8.07.